The van der Waals surface area contributed by atoms with E-state index < -0.39 is 47.8 Å². The Balaban J connectivity index is 1.95. The van der Waals surface area contributed by atoms with Gasteiger partial charge in [0.15, 0.2) is 9.84 Å². The predicted octanol–water partition coefficient (Wildman–Crippen LogP) is 0.115. The fraction of sp³-hybridized carbons (Fsp3) is 0.562. The fourth-order valence-corrected chi connectivity index (χ4v) is 8.82. The van der Waals surface area contributed by atoms with Gasteiger partial charge in [-0.3, -0.25) is 4.79 Å². The lowest BCUT2D eigenvalue weighted by molar-refractivity contribution is -0.119. The van der Waals surface area contributed by atoms with Crippen molar-refractivity contribution in [2.24, 2.45) is 5.92 Å². The molecule has 2 heterocycles. The first kappa shape index (κ1) is 21.2. The van der Waals surface area contributed by atoms with E-state index in [1.54, 1.807) is 0 Å². The highest BCUT2D eigenvalue weighted by Gasteiger charge is 2.42. The van der Waals surface area contributed by atoms with E-state index in [0.717, 1.165) is 4.31 Å². The number of carbonyl (C=O) groups excluding carboxylic acids is 1. The maximum atomic E-state index is 13.0. The number of amides is 1. The zero-order valence-electron chi connectivity index (χ0n) is 15.7. The maximum Gasteiger partial charge on any atom is 0.244 e. The Morgan fingerprint density at radius 1 is 1.14 bits per heavy atom. The highest BCUT2D eigenvalue weighted by atomic mass is 32.2. The van der Waals surface area contributed by atoms with Crippen molar-refractivity contribution in [2.75, 3.05) is 28.6 Å². The molecule has 0 N–H and O–H groups in total. The van der Waals surface area contributed by atoms with E-state index in [1.165, 1.54) is 39.1 Å². The van der Waals surface area contributed by atoms with E-state index in [9.17, 15) is 30.0 Å². The third-order valence-corrected chi connectivity index (χ3v) is 10.8. The second-order valence-electron chi connectivity index (χ2n) is 7.31. The summed E-state index contributed by atoms with van der Waals surface area (Å²) in [5.74, 6) is -1.78. The molecule has 0 aliphatic carbocycles. The minimum Gasteiger partial charge on any atom is -0.273 e. The molecule has 0 bridgehead atoms. The molecule has 2 aliphatic heterocycles. The van der Waals surface area contributed by atoms with Crippen LogP contribution in [0.3, 0.4) is 0 Å². The first-order valence-electron chi connectivity index (χ1n) is 8.62. The SMILES string of the molecule is Cc1cc(N2C(=O)C(C)CS2(=O)=O)ccc1S(=O)(=O)N(C)C1CCS(=O)(=O)C1. The van der Waals surface area contributed by atoms with Gasteiger partial charge in [0.25, 0.3) is 0 Å². The number of sulfone groups is 1. The molecule has 2 atom stereocenters. The number of aryl methyl sites for hydroxylation is 1. The molecule has 1 amide bonds. The Morgan fingerprint density at radius 3 is 2.25 bits per heavy atom. The fourth-order valence-electron chi connectivity index (χ4n) is 3.55. The molecule has 2 saturated heterocycles. The van der Waals surface area contributed by atoms with Crippen molar-refractivity contribution in [2.45, 2.75) is 31.2 Å². The zero-order valence-corrected chi connectivity index (χ0v) is 18.1. The standard InChI is InChI=1S/C16H22N2O7S3/c1-11-8-13(18-16(19)12(2)9-27(18,22)23)4-5-15(11)28(24,25)17(3)14-6-7-26(20,21)10-14/h4-5,8,12,14H,6-7,9-10H2,1-3H3. The highest BCUT2D eigenvalue weighted by molar-refractivity contribution is 7.94. The molecule has 2 aliphatic rings. The van der Waals surface area contributed by atoms with E-state index in [1.807, 2.05) is 0 Å². The van der Waals surface area contributed by atoms with Crippen molar-refractivity contribution in [3.63, 3.8) is 0 Å². The largest absolute Gasteiger partial charge is 0.273 e. The third-order valence-electron chi connectivity index (χ3n) is 5.13. The quantitative estimate of drug-likeness (QED) is 0.637. The summed E-state index contributed by atoms with van der Waals surface area (Å²) in [7, 11) is -9.68. The van der Waals surface area contributed by atoms with Gasteiger partial charge in [-0.2, -0.15) is 4.31 Å². The molecule has 0 radical (unpaired) electrons. The lowest BCUT2D eigenvalue weighted by atomic mass is 10.2. The smallest absolute Gasteiger partial charge is 0.244 e. The van der Waals surface area contributed by atoms with Crippen LogP contribution in [0.15, 0.2) is 23.1 Å². The summed E-state index contributed by atoms with van der Waals surface area (Å²) < 4.78 is 75.5. The van der Waals surface area contributed by atoms with Crippen LogP contribution in [0.2, 0.25) is 0 Å². The van der Waals surface area contributed by atoms with Gasteiger partial charge in [0.1, 0.15) is 0 Å². The van der Waals surface area contributed by atoms with Gasteiger partial charge in [-0.1, -0.05) is 6.92 Å². The number of anilines is 1. The molecular weight excluding hydrogens is 428 g/mol. The second kappa shape index (κ2) is 6.78. The lowest BCUT2D eigenvalue weighted by Crippen LogP contribution is -2.38. The van der Waals surface area contributed by atoms with Crippen molar-refractivity contribution in [3.05, 3.63) is 23.8 Å². The van der Waals surface area contributed by atoms with Crippen molar-refractivity contribution < 1.29 is 30.0 Å². The van der Waals surface area contributed by atoms with Gasteiger partial charge in [-0.25, -0.2) is 29.6 Å². The summed E-state index contributed by atoms with van der Waals surface area (Å²) >= 11 is 0. The molecule has 2 unspecified atom stereocenters. The summed E-state index contributed by atoms with van der Waals surface area (Å²) in [4.78, 5) is 12.2. The van der Waals surface area contributed by atoms with Gasteiger partial charge in [0.05, 0.1) is 33.8 Å². The van der Waals surface area contributed by atoms with Crippen LogP contribution in [0.1, 0.15) is 18.9 Å². The average Bonchev–Trinajstić information content (AvgIpc) is 3.02. The second-order valence-corrected chi connectivity index (χ2v) is 13.4. The summed E-state index contributed by atoms with van der Waals surface area (Å²) in [5, 5.41) is 0. The van der Waals surface area contributed by atoms with Gasteiger partial charge < -0.3 is 0 Å². The Morgan fingerprint density at radius 2 is 1.79 bits per heavy atom. The molecule has 9 nitrogen and oxygen atoms in total. The van der Waals surface area contributed by atoms with E-state index >= 15 is 0 Å². The Kier molecular flexibility index (Phi) is 5.14. The van der Waals surface area contributed by atoms with Crippen LogP contribution < -0.4 is 4.31 Å². The first-order valence-corrected chi connectivity index (χ1v) is 13.5. The minimum absolute atomic E-state index is 0.0530. The number of rotatable bonds is 4. The summed E-state index contributed by atoms with van der Waals surface area (Å²) in [5.41, 5.74) is 0.365. The van der Waals surface area contributed by atoms with Crippen LogP contribution in [0.5, 0.6) is 0 Å². The molecule has 28 heavy (non-hydrogen) atoms. The van der Waals surface area contributed by atoms with Crippen LogP contribution in [-0.4, -0.2) is 65.8 Å². The topological polar surface area (TPSA) is 126 Å². The third kappa shape index (κ3) is 3.58. The predicted molar refractivity (Wildman–Crippen MR) is 104 cm³/mol. The molecule has 12 heteroatoms. The molecule has 1 aromatic rings. The van der Waals surface area contributed by atoms with E-state index in [4.69, 9.17) is 0 Å². The number of carbonyl (C=O) groups is 1. The highest BCUT2D eigenvalue weighted by Crippen LogP contribution is 2.32. The first-order chi connectivity index (χ1) is 12.8. The number of hydrogen-bond acceptors (Lipinski definition) is 7. The van der Waals surface area contributed by atoms with E-state index in [-0.39, 0.29) is 39.8 Å². The Labute approximate surface area is 165 Å². The maximum absolute atomic E-state index is 13.0. The van der Waals surface area contributed by atoms with Crippen molar-refractivity contribution in [1.29, 1.82) is 0 Å². The molecular formula is C16H22N2O7S3. The number of hydrogen-bond donors (Lipinski definition) is 0. The average molecular weight is 451 g/mol. The van der Waals surface area contributed by atoms with E-state index in [2.05, 4.69) is 0 Å². The summed E-state index contributed by atoms with van der Waals surface area (Å²) in [6.45, 7) is 3.03. The molecule has 0 spiro atoms. The Hall–Kier alpha value is -1.50. The number of nitrogens with zero attached hydrogens (tertiary/aromatic N) is 2. The normalized spacial score (nSPS) is 26.9. The molecule has 2 fully saturated rings. The minimum atomic E-state index is -3.98. The van der Waals surface area contributed by atoms with Crippen molar-refractivity contribution in [1.82, 2.24) is 4.31 Å². The van der Waals surface area contributed by atoms with Gasteiger partial charge in [0.2, 0.25) is 26.0 Å². The molecule has 0 saturated carbocycles. The van der Waals surface area contributed by atoms with Crippen LogP contribution >= 0.6 is 0 Å². The van der Waals surface area contributed by atoms with Crippen molar-refractivity contribution in [3.8, 4) is 0 Å². The molecule has 0 aromatic heterocycles. The van der Waals surface area contributed by atoms with Crippen molar-refractivity contribution >= 4 is 41.5 Å². The van der Waals surface area contributed by atoms with Gasteiger partial charge in [-0.05, 0) is 37.1 Å². The zero-order chi connectivity index (χ0) is 21.1. The number of sulfonamides is 2. The molecule has 3 rings (SSSR count). The summed E-state index contributed by atoms with van der Waals surface area (Å²) in [6, 6.07) is 3.24. The summed E-state index contributed by atoms with van der Waals surface area (Å²) in [6.07, 6.45) is 0.230. The molecule has 156 valence electrons. The van der Waals surface area contributed by atoms with Gasteiger partial charge in [-0.15, -0.1) is 0 Å². The van der Waals surface area contributed by atoms with Gasteiger partial charge in [0, 0.05) is 13.1 Å². The van der Waals surface area contributed by atoms with Crippen LogP contribution in [0.4, 0.5) is 5.69 Å². The number of benzene rings is 1. The van der Waals surface area contributed by atoms with Gasteiger partial charge >= 0.3 is 0 Å². The van der Waals surface area contributed by atoms with E-state index in [0.29, 0.717) is 4.31 Å². The van der Waals surface area contributed by atoms with Crippen LogP contribution in [0.25, 0.3) is 0 Å². The van der Waals surface area contributed by atoms with Crippen LogP contribution in [0, 0.1) is 12.8 Å². The lowest BCUT2D eigenvalue weighted by Gasteiger charge is -2.24. The Bertz CT molecular complexity index is 1140. The molecule has 1 aromatic carbocycles. The van der Waals surface area contributed by atoms with Crippen LogP contribution in [-0.2, 0) is 34.7 Å². The monoisotopic (exact) mass is 450 g/mol.